The van der Waals surface area contributed by atoms with Gasteiger partial charge in [-0.3, -0.25) is 14.4 Å². The van der Waals surface area contributed by atoms with Crippen LogP contribution in [0, 0.1) is 0 Å². The number of rotatable bonds is 5. The first kappa shape index (κ1) is 20.4. The fraction of sp³-hybridized carbons (Fsp3) is 0.188. The van der Waals surface area contributed by atoms with Crippen molar-refractivity contribution in [1.29, 1.82) is 0 Å². The number of carbonyl (C=O) groups is 2. The van der Waals surface area contributed by atoms with Crippen LogP contribution in [0.2, 0.25) is 0 Å². The summed E-state index contributed by atoms with van der Waals surface area (Å²) in [6, 6.07) is 6.18. The summed E-state index contributed by atoms with van der Waals surface area (Å²) < 4.78 is 64.5. The number of nitrogens with zero attached hydrogens (tertiary/aromatic N) is 1. The first-order valence-corrected chi connectivity index (χ1v) is 8.83. The number of alkyl halides is 3. The van der Waals surface area contributed by atoms with E-state index in [0.29, 0.717) is 10.6 Å². The van der Waals surface area contributed by atoms with Crippen molar-refractivity contribution in [3.05, 3.63) is 64.1 Å². The summed E-state index contributed by atoms with van der Waals surface area (Å²) in [7, 11) is -4.32. The number of ketones is 1. The predicted octanol–water partition coefficient (Wildman–Crippen LogP) is 1.57. The van der Waals surface area contributed by atoms with Crippen LogP contribution >= 0.6 is 0 Å². The molecule has 0 unspecified atom stereocenters. The highest BCUT2D eigenvalue weighted by Crippen LogP contribution is 2.25. The summed E-state index contributed by atoms with van der Waals surface area (Å²) in [5.41, 5.74) is -2.68. The van der Waals surface area contributed by atoms with Crippen molar-refractivity contribution >= 4 is 21.7 Å². The number of nitrogens with one attached hydrogen (secondary N) is 1. The van der Waals surface area contributed by atoms with Crippen molar-refractivity contribution in [1.82, 2.24) is 9.29 Å². The molecule has 0 atom stereocenters. The summed E-state index contributed by atoms with van der Waals surface area (Å²) in [5.74, 6) is -1.49. The van der Waals surface area contributed by atoms with Crippen LogP contribution in [0.25, 0.3) is 0 Å². The van der Waals surface area contributed by atoms with Crippen LogP contribution in [0.5, 0.6) is 0 Å². The van der Waals surface area contributed by atoms with Gasteiger partial charge in [0.05, 0.1) is 4.90 Å². The maximum Gasteiger partial charge on any atom is 0.421 e. The van der Waals surface area contributed by atoms with Crippen molar-refractivity contribution in [2.45, 2.75) is 24.5 Å². The number of aromatic nitrogens is 1. The molecule has 0 radical (unpaired) electrons. The summed E-state index contributed by atoms with van der Waals surface area (Å²) in [4.78, 5) is 34.5. The molecular weight excluding hydrogens is 389 g/mol. The van der Waals surface area contributed by atoms with Gasteiger partial charge in [-0.25, -0.2) is 13.1 Å². The Morgan fingerprint density at radius 3 is 2.22 bits per heavy atom. The highest BCUT2D eigenvalue weighted by molar-refractivity contribution is 7.90. The first-order chi connectivity index (χ1) is 12.4. The first-order valence-electron chi connectivity index (χ1n) is 7.35. The molecule has 1 aromatic heterocycles. The Morgan fingerprint density at radius 2 is 1.70 bits per heavy atom. The summed E-state index contributed by atoms with van der Waals surface area (Å²) >= 11 is 0. The number of hydrogen-bond donors (Lipinski definition) is 1. The van der Waals surface area contributed by atoms with Gasteiger partial charge in [0.15, 0.2) is 5.78 Å². The van der Waals surface area contributed by atoms with Crippen LogP contribution in [0.15, 0.2) is 52.3 Å². The molecule has 0 aliphatic carbocycles. The topological polar surface area (TPSA) is 102 Å². The predicted molar refractivity (Wildman–Crippen MR) is 87.5 cm³/mol. The van der Waals surface area contributed by atoms with E-state index in [4.69, 9.17) is 0 Å². The Kier molecular flexibility index (Phi) is 5.54. The van der Waals surface area contributed by atoms with Crippen molar-refractivity contribution < 1.29 is 31.2 Å². The smallest absolute Gasteiger partial charge is 0.306 e. The van der Waals surface area contributed by atoms with Crippen molar-refractivity contribution in [2.75, 3.05) is 0 Å². The number of halogens is 3. The van der Waals surface area contributed by atoms with E-state index in [2.05, 4.69) is 0 Å². The maximum absolute atomic E-state index is 12.7. The molecule has 0 aliphatic rings. The third-order valence-corrected chi connectivity index (χ3v) is 4.85. The molecule has 0 fully saturated rings. The lowest BCUT2D eigenvalue weighted by molar-refractivity contribution is -0.139. The Labute approximate surface area is 151 Å². The molecule has 0 saturated heterocycles. The Balaban J connectivity index is 2.20. The molecule has 2 aromatic rings. The standard InChI is InChI=1S/C16H13F3N2O5S/c1-10(22)11-4-6-12(7-5-11)27(25,26)20-14(23)9-21-8-2-3-13(15(21)24)16(17,18)19/h2-8H,9H2,1H3,(H,20,23). The minimum Gasteiger partial charge on any atom is -0.306 e. The van der Waals surface area contributed by atoms with Crippen LogP contribution < -0.4 is 10.3 Å². The van der Waals surface area contributed by atoms with Crippen LogP contribution in [0.3, 0.4) is 0 Å². The number of carbonyl (C=O) groups excluding carboxylic acids is 2. The third-order valence-electron chi connectivity index (χ3n) is 3.46. The second-order valence-electron chi connectivity index (χ2n) is 5.46. The lowest BCUT2D eigenvalue weighted by Crippen LogP contribution is -2.37. The maximum atomic E-state index is 12.7. The fourth-order valence-corrected chi connectivity index (χ4v) is 3.12. The number of sulfonamides is 1. The van der Waals surface area contributed by atoms with E-state index in [1.807, 2.05) is 0 Å². The molecule has 0 bridgehead atoms. The lowest BCUT2D eigenvalue weighted by atomic mass is 10.2. The molecule has 7 nitrogen and oxygen atoms in total. The summed E-state index contributed by atoms with van der Waals surface area (Å²) in [6.45, 7) is 0.367. The van der Waals surface area contributed by atoms with Gasteiger partial charge in [0.1, 0.15) is 12.1 Å². The van der Waals surface area contributed by atoms with Gasteiger partial charge in [0, 0.05) is 11.8 Å². The minimum atomic E-state index is -4.90. The molecule has 0 saturated carbocycles. The van der Waals surface area contributed by atoms with Gasteiger partial charge in [-0.15, -0.1) is 0 Å². The third kappa shape index (κ3) is 4.82. The molecule has 11 heteroatoms. The molecular formula is C16H13F3N2O5S. The van der Waals surface area contributed by atoms with E-state index >= 15 is 0 Å². The highest BCUT2D eigenvalue weighted by Gasteiger charge is 2.34. The van der Waals surface area contributed by atoms with Gasteiger partial charge in [-0.1, -0.05) is 12.1 Å². The number of benzene rings is 1. The fourth-order valence-electron chi connectivity index (χ4n) is 2.14. The normalized spacial score (nSPS) is 11.9. The molecule has 2 rings (SSSR count). The Hall–Kier alpha value is -2.95. The average Bonchev–Trinajstić information content (AvgIpc) is 2.55. The van der Waals surface area contributed by atoms with Gasteiger partial charge < -0.3 is 4.57 Å². The van der Waals surface area contributed by atoms with Gasteiger partial charge in [0.25, 0.3) is 21.5 Å². The zero-order valence-electron chi connectivity index (χ0n) is 13.8. The molecule has 1 amide bonds. The van der Waals surface area contributed by atoms with E-state index in [0.717, 1.165) is 24.4 Å². The quantitative estimate of drug-likeness (QED) is 0.765. The molecule has 0 aliphatic heterocycles. The zero-order valence-corrected chi connectivity index (χ0v) is 14.6. The SMILES string of the molecule is CC(=O)c1ccc(S(=O)(=O)NC(=O)Cn2cccc(C(F)(F)F)c2=O)cc1. The van der Waals surface area contributed by atoms with Crippen LogP contribution in [0.4, 0.5) is 13.2 Å². The van der Waals surface area contributed by atoms with Gasteiger partial charge in [-0.2, -0.15) is 13.2 Å². The zero-order chi connectivity index (χ0) is 20.4. The number of amides is 1. The van der Waals surface area contributed by atoms with Gasteiger partial charge in [-0.05, 0) is 31.2 Å². The van der Waals surface area contributed by atoms with E-state index in [-0.39, 0.29) is 16.2 Å². The van der Waals surface area contributed by atoms with Crippen LogP contribution in [-0.4, -0.2) is 24.7 Å². The summed E-state index contributed by atoms with van der Waals surface area (Å²) in [5, 5.41) is 0. The lowest BCUT2D eigenvalue weighted by Gasteiger charge is -2.11. The molecule has 1 N–H and O–H groups in total. The van der Waals surface area contributed by atoms with Gasteiger partial charge in [0.2, 0.25) is 0 Å². The number of hydrogen-bond acceptors (Lipinski definition) is 5. The Bertz CT molecular complexity index is 1040. The Morgan fingerprint density at radius 1 is 1.11 bits per heavy atom. The van der Waals surface area contributed by atoms with Crippen molar-refractivity contribution in [3.63, 3.8) is 0 Å². The summed E-state index contributed by atoms with van der Waals surface area (Å²) in [6.07, 6.45) is -3.97. The van der Waals surface area contributed by atoms with E-state index in [1.54, 1.807) is 4.72 Å². The minimum absolute atomic E-state index is 0.260. The molecule has 0 spiro atoms. The highest BCUT2D eigenvalue weighted by atomic mass is 32.2. The molecule has 27 heavy (non-hydrogen) atoms. The monoisotopic (exact) mass is 402 g/mol. The second kappa shape index (κ2) is 7.35. The van der Waals surface area contributed by atoms with Crippen LogP contribution in [-0.2, 0) is 27.5 Å². The van der Waals surface area contributed by atoms with E-state index in [9.17, 15) is 36.0 Å². The van der Waals surface area contributed by atoms with E-state index < -0.39 is 39.8 Å². The second-order valence-corrected chi connectivity index (χ2v) is 7.14. The van der Waals surface area contributed by atoms with Crippen LogP contribution in [0.1, 0.15) is 22.8 Å². The van der Waals surface area contributed by atoms with Crippen molar-refractivity contribution in [3.8, 4) is 0 Å². The van der Waals surface area contributed by atoms with Crippen molar-refractivity contribution in [2.24, 2.45) is 0 Å². The van der Waals surface area contributed by atoms with Gasteiger partial charge >= 0.3 is 6.18 Å². The molecule has 144 valence electrons. The molecule has 1 aromatic carbocycles. The number of pyridine rings is 1. The van der Waals surface area contributed by atoms with E-state index in [1.165, 1.54) is 19.1 Å². The average molecular weight is 402 g/mol. The number of Topliss-reactive ketones (excluding diaryl/α,β-unsaturated/α-hetero) is 1. The molecule has 1 heterocycles. The largest absolute Gasteiger partial charge is 0.421 e.